The highest BCUT2D eigenvalue weighted by atomic mass is 16.3. The molecule has 1 aromatic heterocycles. The molecule has 0 amide bonds. The molecule has 1 aliphatic heterocycles. The highest BCUT2D eigenvalue weighted by Gasteiger charge is 2.24. The fourth-order valence-corrected chi connectivity index (χ4v) is 3.02. The Balaban J connectivity index is 2.08. The first-order valence-electron chi connectivity index (χ1n) is 7.29. The van der Waals surface area contributed by atoms with E-state index in [9.17, 15) is 5.11 Å². The molecule has 0 spiro atoms. The Morgan fingerprint density at radius 3 is 2.95 bits per heavy atom. The lowest BCUT2D eigenvalue weighted by atomic mass is 10.0. The van der Waals surface area contributed by atoms with Crippen molar-refractivity contribution < 1.29 is 5.11 Å². The van der Waals surface area contributed by atoms with Crippen LogP contribution in [-0.4, -0.2) is 29.3 Å². The van der Waals surface area contributed by atoms with Crippen molar-refractivity contribution in [3.8, 4) is 0 Å². The second-order valence-electron chi connectivity index (χ2n) is 5.39. The average Bonchev–Trinajstić information content (AvgIpc) is 2.53. The molecule has 0 aliphatic carbocycles. The zero-order valence-corrected chi connectivity index (χ0v) is 11.6. The van der Waals surface area contributed by atoms with E-state index >= 15 is 0 Å². The SMILES string of the molecule is NCc1cc2ccccc2nc1N1CCCCC1CO. The highest BCUT2D eigenvalue weighted by Crippen LogP contribution is 2.28. The van der Waals surface area contributed by atoms with E-state index in [1.807, 2.05) is 18.2 Å². The van der Waals surface area contributed by atoms with Gasteiger partial charge in [0.25, 0.3) is 0 Å². The zero-order chi connectivity index (χ0) is 13.9. The summed E-state index contributed by atoms with van der Waals surface area (Å²) in [6.07, 6.45) is 3.34. The van der Waals surface area contributed by atoms with E-state index in [4.69, 9.17) is 10.7 Å². The number of hydrogen-bond acceptors (Lipinski definition) is 4. The fraction of sp³-hybridized carbons (Fsp3) is 0.438. The van der Waals surface area contributed by atoms with Crippen LogP contribution in [0.25, 0.3) is 10.9 Å². The van der Waals surface area contributed by atoms with Gasteiger partial charge in [-0.2, -0.15) is 0 Å². The molecule has 4 heteroatoms. The van der Waals surface area contributed by atoms with E-state index in [1.165, 1.54) is 6.42 Å². The summed E-state index contributed by atoms with van der Waals surface area (Å²) in [5.74, 6) is 0.949. The van der Waals surface area contributed by atoms with Crippen LogP contribution in [0.15, 0.2) is 30.3 Å². The topological polar surface area (TPSA) is 62.4 Å². The first-order valence-corrected chi connectivity index (χ1v) is 7.29. The smallest absolute Gasteiger partial charge is 0.134 e. The lowest BCUT2D eigenvalue weighted by molar-refractivity contribution is 0.239. The van der Waals surface area contributed by atoms with E-state index in [0.717, 1.165) is 41.7 Å². The van der Waals surface area contributed by atoms with Crippen molar-refractivity contribution in [2.24, 2.45) is 5.73 Å². The molecular weight excluding hydrogens is 250 g/mol. The fourth-order valence-electron chi connectivity index (χ4n) is 3.02. The number of anilines is 1. The Morgan fingerprint density at radius 1 is 1.30 bits per heavy atom. The van der Waals surface area contributed by atoms with Gasteiger partial charge in [0.05, 0.1) is 18.2 Å². The lowest BCUT2D eigenvalue weighted by Crippen LogP contribution is -2.43. The monoisotopic (exact) mass is 271 g/mol. The highest BCUT2D eigenvalue weighted by molar-refractivity contribution is 5.81. The minimum atomic E-state index is 0.169. The van der Waals surface area contributed by atoms with Gasteiger partial charge in [-0.15, -0.1) is 0 Å². The number of rotatable bonds is 3. The maximum atomic E-state index is 9.60. The van der Waals surface area contributed by atoms with Gasteiger partial charge in [-0.05, 0) is 31.4 Å². The van der Waals surface area contributed by atoms with Crippen molar-refractivity contribution in [2.75, 3.05) is 18.1 Å². The standard InChI is InChI=1S/C16H21N3O/c17-10-13-9-12-5-1-2-7-15(12)18-16(13)19-8-4-3-6-14(19)11-20/h1-2,5,7,9,14,20H,3-4,6,8,10-11,17H2. The maximum absolute atomic E-state index is 9.60. The Hall–Kier alpha value is -1.65. The first kappa shape index (κ1) is 13.3. The van der Waals surface area contributed by atoms with Crippen LogP contribution in [0.4, 0.5) is 5.82 Å². The van der Waals surface area contributed by atoms with Gasteiger partial charge in [-0.1, -0.05) is 18.2 Å². The molecule has 1 atom stereocenters. The van der Waals surface area contributed by atoms with Crippen molar-refractivity contribution in [3.63, 3.8) is 0 Å². The molecule has 0 radical (unpaired) electrons. The summed E-state index contributed by atoms with van der Waals surface area (Å²) >= 11 is 0. The number of para-hydroxylation sites is 1. The summed E-state index contributed by atoms with van der Waals surface area (Å²) in [5, 5.41) is 10.7. The number of pyridine rings is 1. The van der Waals surface area contributed by atoms with Gasteiger partial charge in [0.1, 0.15) is 5.82 Å². The van der Waals surface area contributed by atoms with E-state index in [2.05, 4.69) is 17.0 Å². The number of aliphatic hydroxyl groups excluding tert-OH is 1. The second-order valence-corrected chi connectivity index (χ2v) is 5.39. The Labute approximate surface area is 119 Å². The Bertz CT molecular complexity index is 599. The second kappa shape index (κ2) is 5.77. The normalized spacial score (nSPS) is 19.5. The minimum Gasteiger partial charge on any atom is -0.394 e. The molecule has 2 aromatic rings. The third kappa shape index (κ3) is 2.37. The van der Waals surface area contributed by atoms with Crippen LogP contribution in [0, 0.1) is 0 Å². The maximum Gasteiger partial charge on any atom is 0.134 e. The molecule has 20 heavy (non-hydrogen) atoms. The summed E-state index contributed by atoms with van der Waals surface area (Å²) < 4.78 is 0. The van der Waals surface area contributed by atoms with Crippen LogP contribution in [0.3, 0.4) is 0 Å². The Kier molecular flexibility index (Phi) is 3.85. The number of nitrogens with zero attached hydrogens (tertiary/aromatic N) is 2. The van der Waals surface area contributed by atoms with Gasteiger partial charge >= 0.3 is 0 Å². The van der Waals surface area contributed by atoms with Crippen molar-refractivity contribution in [3.05, 3.63) is 35.9 Å². The lowest BCUT2D eigenvalue weighted by Gasteiger charge is -2.36. The van der Waals surface area contributed by atoms with E-state index in [0.29, 0.717) is 6.54 Å². The predicted octanol–water partition coefficient (Wildman–Crippen LogP) is 2.04. The van der Waals surface area contributed by atoms with Gasteiger partial charge in [0.2, 0.25) is 0 Å². The molecule has 1 fully saturated rings. The van der Waals surface area contributed by atoms with Crippen molar-refractivity contribution in [1.29, 1.82) is 0 Å². The zero-order valence-electron chi connectivity index (χ0n) is 11.6. The third-order valence-electron chi connectivity index (χ3n) is 4.11. The summed E-state index contributed by atoms with van der Waals surface area (Å²) in [6, 6.07) is 10.4. The van der Waals surface area contributed by atoms with Crippen LogP contribution in [0.1, 0.15) is 24.8 Å². The van der Waals surface area contributed by atoms with E-state index in [1.54, 1.807) is 0 Å². The number of aliphatic hydroxyl groups is 1. The van der Waals surface area contributed by atoms with Gasteiger partial charge in [0, 0.05) is 24.0 Å². The van der Waals surface area contributed by atoms with Gasteiger partial charge in [0.15, 0.2) is 0 Å². The number of nitrogens with two attached hydrogens (primary N) is 1. The molecule has 3 N–H and O–H groups in total. The van der Waals surface area contributed by atoms with Crippen LogP contribution in [0.5, 0.6) is 0 Å². The van der Waals surface area contributed by atoms with Crippen LogP contribution >= 0.6 is 0 Å². The van der Waals surface area contributed by atoms with Gasteiger partial charge in [-0.25, -0.2) is 4.98 Å². The third-order valence-corrected chi connectivity index (χ3v) is 4.11. The number of fused-ring (bicyclic) bond motifs is 1. The van der Waals surface area contributed by atoms with Crippen molar-refractivity contribution >= 4 is 16.7 Å². The molecule has 4 nitrogen and oxygen atoms in total. The van der Waals surface area contributed by atoms with Crippen LogP contribution < -0.4 is 10.6 Å². The molecule has 3 rings (SSSR count). The average molecular weight is 271 g/mol. The Morgan fingerprint density at radius 2 is 2.15 bits per heavy atom. The van der Waals surface area contributed by atoms with Gasteiger partial charge in [-0.3, -0.25) is 0 Å². The van der Waals surface area contributed by atoms with Crippen LogP contribution in [0.2, 0.25) is 0 Å². The number of benzene rings is 1. The summed E-state index contributed by atoms with van der Waals surface area (Å²) in [5.41, 5.74) is 7.95. The van der Waals surface area contributed by atoms with Crippen molar-refractivity contribution in [2.45, 2.75) is 31.8 Å². The molecule has 0 bridgehead atoms. The molecule has 2 heterocycles. The molecule has 1 aromatic carbocycles. The van der Waals surface area contributed by atoms with E-state index < -0.39 is 0 Å². The molecule has 1 aliphatic rings. The number of piperidine rings is 1. The molecule has 0 saturated carbocycles. The largest absolute Gasteiger partial charge is 0.394 e. The first-order chi connectivity index (χ1) is 9.83. The summed E-state index contributed by atoms with van der Waals surface area (Å²) in [6.45, 7) is 1.60. The van der Waals surface area contributed by atoms with Crippen LogP contribution in [-0.2, 0) is 6.54 Å². The summed E-state index contributed by atoms with van der Waals surface area (Å²) in [4.78, 5) is 7.04. The van der Waals surface area contributed by atoms with Crippen molar-refractivity contribution in [1.82, 2.24) is 4.98 Å². The van der Waals surface area contributed by atoms with E-state index in [-0.39, 0.29) is 12.6 Å². The number of aromatic nitrogens is 1. The quantitative estimate of drug-likeness (QED) is 0.897. The molecule has 1 unspecified atom stereocenters. The summed E-state index contributed by atoms with van der Waals surface area (Å²) in [7, 11) is 0. The minimum absolute atomic E-state index is 0.169. The molecular formula is C16H21N3O. The molecule has 106 valence electrons. The molecule has 1 saturated heterocycles. The number of hydrogen-bond donors (Lipinski definition) is 2. The van der Waals surface area contributed by atoms with Gasteiger partial charge < -0.3 is 15.7 Å². The predicted molar refractivity (Wildman–Crippen MR) is 81.7 cm³/mol.